The molecule has 0 saturated carbocycles. The molecular weight excluding hydrogens is 330 g/mol. The van der Waals surface area contributed by atoms with Crippen LogP contribution in [0.2, 0.25) is 0 Å². The van der Waals surface area contributed by atoms with Crippen LogP contribution in [0.1, 0.15) is 15.9 Å². The molecule has 0 aliphatic heterocycles. The Morgan fingerprint density at radius 2 is 1.77 bits per heavy atom. The summed E-state index contributed by atoms with van der Waals surface area (Å²) < 4.78 is 3.24. The average molecular weight is 345 g/mol. The molecule has 0 aliphatic rings. The molecule has 0 atom stereocenters. The SMILES string of the molecule is O=C(NCc1ccccc1-n1cccn1)c1ccccc1-n1cnnn1. The highest BCUT2D eigenvalue weighted by molar-refractivity contribution is 5.97. The number of rotatable bonds is 5. The third-order valence-electron chi connectivity index (χ3n) is 3.93. The third-order valence-corrected chi connectivity index (χ3v) is 3.93. The van der Waals surface area contributed by atoms with E-state index in [0.717, 1.165) is 11.3 Å². The predicted molar refractivity (Wildman–Crippen MR) is 93.9 cm³/mol. The van der Waals surface area contributed by atoms with Crippen molar-refractivity contribution in [3.05, 3.63) is 84.4 Å². The number of nitrogens with zero attached hydrogens (tertiary/aromatic N) is 6. The number of nitrogens with one attached hydrogen (secondary N) is 1. The fourth-order valence-corrected chi connectivity index (χ4v) is 2.70. The Hall–Kier alpha value is -3.81. The number of hydrogen-bond acceptors (Lipinski definition) is 5. The summed E-state index contributed by atoms with van der Waals surface area (Å²) in [5.74, 6) is -0.202. The van der Waals surface area contributed by atoms with Gasteiger partial charge in [-0.1, -0.05) is 30.3 Å². The van der Waals surface area contributed by atoms with E-state index in [2.05, 4.69) is 25.9 Å². The lowest BCUT2D eigenvalue weighted by molar-refractivity contribution is 0.0950. The molecule has 1 N–H and O–H groups in total. The Bertz CT molecular complexity index is 1010. The number of carbonyl (C=O) groups is 1. The van der Waals surface area contributed by atoms with Gasteiger partial charge >= 0.3 is 0 Å². The molecule has 0 saturated heterocycles. The van der Waals surface area contributed by atoms with Crippen molar-refractivity contribution in [3.8, 4) is 11.4 Å². The molecule has 0 bridgehead atoms. The van der Waals surface area contributed by atoms with Gasteiger partial charge in [-0.2, -0.15) is 9.78 Å². The molecule has 1 amide bonds. The van der Waals surface area contributed by atoms with Gasteiger partial charge in [0.15, 0.2) is 0 Å². The van der Waals surface area contributed by atoms with Gasteiger partial charge in [0.25, 0.3) is 5.91 Å². The summed E-state index contributed by atoms with van der Waals surface area (Å²) in [6, 6.07) is 16.8. The third kappa shape index (κ3) is 3.07. The van der Waals surface area contributed by atoms with E-state index in [0.29, 0.717) is 17.8 Å². The van der Waals surface area contributed by atoms with Crippen LogP contribution >= 0.6 is 0 Å². The first-order valence-corrected chi connectivity index (χ1v) is 8.01. The van der Waals surface area contributed by atoms with Crippen molar-refractivity contribution >= 4 is 5.91 Å². The molecule has 26 heavy (non-hydrogen) atoms. The van der Waals surface area contributed by atoms with Crippen molar-refractivity contribution in [2.75, 3.05) is 0 Å². The summed E-state index contributed by atoms with van der Waals surface area (Å²) in [6.45, 7) is 0.374. The van der Waals surface area contributed by atoms with Crippen molar-refractivity contribution in [1.82, 2.24) is 35.3 Å². The number of carbonyl (C=O) groups excluding carboxylic acids is 1. The van der Waals surface area contributed by atoms with E-state index in [1.54, 1.807) is 29.1 Å². The molecule has 2 aromatic heterocycles. The Labute approximate surface area is 149 Å². The van der Waals surface area contributed by atoms with Crippen molar-refractivity contribution < 1.29 is 4.79 Å². The van der Waals surface area contributed by atoms with E-state index < -0.39 is 0 Å². The first-order valence-electron chi connectivity index (χ1n) is 8.01. The van der Waals surface area contributed by atoms with E-state index in [1.165, 1.54) is 11.0 Å². The minimum absolute atomic E-state index is 0.202. The fraction of sp³-hybridized carbons (Fsp3) is 0.0556. The Morgan fingerprint density at radius 1 is 0.962 bits per heavy atom. The highest BCUT2D eigenvalue weighted by Crippen LogP contribution is 2.15. The zero-order valence-corrected chi connectivity index (χ0v) is 13.7. The van der Waals surface area contributed by atoms with Crippen molar-refractivity contribution in [3.63, 3.8) is 0 Å². The number of para-hydroxylation sites is 2. The largest absolute Gasteiger partial charge is 0.348 e. The molecule has 0 radical (unpaired) electrons. The fourth-order valence-electron chi connectivity index (χ4n) is 2.70. The van der Waals surface area contributed by atoms with E-state index in [1.807, 2.05) is 42.6 Å². The van der Waals surface area contributed by atoms with Gasteiger partial charge in [-0.3, -0.25) is 4.79 Å². The summed E-state index contributed by atoms with van der Waals surface area (Å²) in [6.07, 6.45) is 5.05. The van der Waals surface area contributed by atoms with Crippen LogP contribution in [0, 0.1) is 0 Å². The molecule has 0 fully saturated rings. The van der Waals surface area contributed by atoms with Crippen LogP contribution in [0.25, 0.3) is 11.4 Å². The smallest absolute Gasteiger partial charge is 0.253 e. The highest BCUT2D eigenvalue weighted by atomic mass is 16.1. The first-order chi connectivity index (χ1) is 12.8. The normalized spacial score (nSPS) is 10.6. The molecule has 2 heterocycles. The van der Waals surface area contributed by atoms with E-state index in [-0.39, 0.29) is 5.91 Å². The Balaban J connectivity index is 1.56. The lowest BCUT2D eigenvalue weighted by Gasteiger charge is -2.12. The first kappa shape index (κ1) is 15.7. The van der Waals surface area contributed by atoms with E-state index in [9.17, 15) is 4.79 Å². The molecule has 0 unspecified atom stereocenters. The van der Waals surface area contributed by atoms with Crippen LogP contribution in [0.15, 0.2) is 73.3 Å². The maximum atomic E-state index is 12.7. The van der Waals surface area contributed by atoms with Crippen molar-refractivity contribution in [1.29, 1.82) is 0 Å². The van der Waals surface area contributed by atoms with Gasteiger partial charge in [-0.25, -0.2) is 4.68 Å². The zero-order chi connectivity index (χ0) is 17.8. The molecule has 8 heteroatoms. The minimum Gasteiger partial charge on any atom is -0.348 e. The van der Waals surface area contributed by atoms with Crippen LogP contribution in [-0.4, -0.2) is 35.9 Å². The molecule has 4 aromatic rings. The van der Waals surface area contributed by atoms with Gasteiger partial charge in [0.05, 0.1) is 16.9 Å². The number of amides is 1. The lowest BCUT2D eigenvalue weighted by atomic mass is 10.1. The quantitative estimate of drug-likeness (QED) is 0.595. The summed E-state index contributed by atoms with van der Waals surface area (Å²) in [5, 5.41) is 18.3. The van der Waals surface area contributed by atoms with Crippen LogP contribution in [0.4, 0.5) is 0 Å². The second-order valence-corrected chi connectivity index (χ2v) is 5.53. The molecule has 2 aromatic carbocycles. The minimum atomic E-state index is -0.202. The van der Waals surface area contributed by atoms with Crippen molar-refractivity contribution in [2.45, 2.75) is 6.54 Å². The maximum absolute atomic E-state index is 12.7. The van der Waals surface area contributed by atoms with Crippen LogP contribution in [0.3, 0.4) is 0 Å². The monoisotopic (exact) mass is 345 g/mol. The molecule has 128 valence electrons. The second kappa shape index (κ2) is 6.98. The van der Waals surface area contributed by atoms with Gasteiger partial charge in [0, 0.05) is 18.9 Å². The molecule has 0 aliphatic carbocycles. The Kier molecular flexibility index (Phi) is 4.21. The maximum Gasteiger partial charge on any atom is 0.253 e. The highest BCUT2D eigenvalue weighted by Gasteiger charge is 2.14. The van der Waals surface area contributed by atoms with Gasteiger partial charge in [-0.15, -0.1) is 5.10 Å². The Morgan fingerprint density at radius 3 is 2.54 bits per heavy atom. The lowest BCUT2D eigenvalue weighted by Crippen LogP contribution is -2.25. The second-order valence-electron chi connectivity index (χ2n) is 5.53. The van der Waals surface area contributed by atoms with E-state index >= 15 is 0 Å². The zero-order valence-electron chi connectivity index (χ0n) is 13.7. The standard InChI is InChI=1S/C18H15N7O/c26-18(15-7-2-4-9-17(15)25-13-20-22-23-25)19-12-14-6-1-3-8-16(14)24-11-5-10-21-24/h1-11,13H,12H2,(H,19,26). The summed E-state index contributed by atoms with van der Waals surface area (Å²) in [4.78, 5) is 12.7. The van der Waals surface area contributed by atoms with Crippen LogP contribution in [-0.2, 0) is 6.54 Å². The van der Waals surface area contributed by atoms with Gasteiger partial charge in [0.1, 0.15) is 6.33 Å². The molecule has 0 spiro atoms. The summed E-state index contributed by atoms with van der Waals surface area (Å²) in [5.41, 5.74) is 3.00. The average Bonchev–Trinajstić information content (AvgIpc) is 3.40. The number of aromatic nitrogens is 6. The molecular formula is C18H15N7O. The predicted octanol–water partition coefficient (Wildman–Crippen LogP) is 1.78. The van der Waals surface area contributed by atoms with Gasteiger partial charge < -0.3 is 5.32 Å². The van der Waals surface area contributed by atoms with Gasteiger partial charge in [0.2, 0.25) is 0 Å². The summed E-state index contributed by atoms with van der Waals surface area (Å²) >= 11 is 0. The molecule has 4 rings (SSSR count). The van der Waals surface area contributed by atoms with Crippen LogP contribution in [0.5, 0.6) is 0 Å². The number of tetrazole rings is 1. The number of benzene rings is 2. The van der Waals surface area contributed by atoms with Crippen molar-refractivity contribution in [2.24, 2.45) is 0 Å². The van der Waals surface area contributed by atoms with Crippen LogP contribution < -0.4 is 5.32 Å². The van der Waals surface area contributed by atoms with Gasteiger partial charge in [-0.05, 0) is 40.3 Å². The number of hydrogen-bond donors (Lipinski definition) is 1. The topological polar surface area (TPSA) is 90.5 Å². The summed E-state index contributed by atoms with van der Waals surface area (Å²) in [7, 11) is 0. The van der Waals surface area contributed by atoms with E-state index in [4.69, 9.17) is 0 Å². The molecule has 8 nitrogen and oxygen atoms in total.